The molecule has 3 amide bonds. The van der Waals surface area contributed by atoms with Crippen molar-refractivity contribution in [2.24, 2.45) is 5.73 Å². The molecule has 0 aliphatic carbocycles. The van der Waals surface area contributed by atoms with Crippen molar-refractivity contribution in [3.05, 3.63) is 0 Å². The van der Waals surface area contributed by atoms with E-state index in [1.54, 1.807) is 0 Å². The number of ether oxygens (including phenoxy) is 1. The van der Waals surface area contributed by atoms with Gasteiger partial charge in [-0.2, -0.15) is 0 Å². The van der Waals surface area contributed by atoms with Crippen LogP contribution in [0.3, 0.4) is 0 Å². The summed E-state index contributed by atoms with van der Waals surface area (Å²) >= 11 is 0. The topological polar surface area (TPSA) is 111 Å². The SMILES string of the molecule is CCCCCCNC(=O)C(COC(N)=O)NC(=O)CCCCCC. The second-order valence-corrected chi connectivity index (χ2v) is 5.91. The van der Waals surface area contributed by atoms with Crippen molar-refractivity contribution in [3.63, 3.8) is 0 Å². The fourth-order valence-electron chi connectivity index (χ4n) is 2.21. The minimum absolute atomic E-state index is 0.217. The number of carbonyl (C=O) groups excluding carboxylic acids is 3. The largest absolute Gasteiger partial charge is 0.447 e. The first-order valence-corrected chi connectivity index (χ1v) is 9.00. The zero-order valence-electron chi connectivity index (χ0n) is 15.1. The highest BCUT2D eigenvalue weighted by atomic mass is 16.5. The fourth-order valence-corrected chi connectivity index (χ4v) is 2.21. The van der Waals surface area contributed by atoms with Gasteiger partial charge in [-0.1, -0.05) is 52.4 Å². The summed E-state index contributed by atoms with van der Waals surface area (Å²) < 4.78 is 4.68. The lowest BCUT2D eigenvalue weighted by Gasteiger charge is -2.18. The van der Waals surface area contributed by atoms with Crippen LogP contribution in [-0.4, -0.2) is 37.1 Å². The van der Waals surface area contributed by atoms with E-state index in [2.05, 4.69) is 29.2 Å². The molecule has 4 N–H and O–H groups in total. The number of amides is 3. The molecule has 140 valence electrons. The first-order chi connectivity index (χ1) is 11.5. The molecule has 0 spiro atoms. The van der Waals surface area contributed by atoms with E-state index >= 15 is 0 Å². The summed E-state index contributed by atoms with van der Waals surface area (Å²) in [5, 5.41) is 5.38. The zero-order valence-corrected chi connectivity index (χ0v) is 15.1. The van der Waals surface area contributed by atoms with Crippen LogP contribution in [0.4, 0.5) is 4.79 Å². The van der Waals surface area contributed by atoms with Gasteiger partial charge in [0.2, 0.25) is 11.8 Å². The Morgan fingerprint density at radius 1 is 0.958 bits per heavy atom. The molecule has 0 saturated heterocycles. The standard InChI is InChI=1S/C17H33N3O4/c1-3-5-7-9-11-15(21)20-14(13-24-17(18)23)16(22)19-12-10-8-6-4-2/h14H,3-13H2,1-2H3,(H2,18,23)(H,19,22)(H,20,21). The molecule has 1 unspecified atom stereocenters. The van der Waals surface area contributed by atoms with Gasteiger partial charge in [0.25, 0.3) is 0 Å². The lowest BCUT2D eigenvalue weighted by molar-refractivity contribution is -0.130. The van der Waals surface area contributed by atoms with Crippen LogP contribution in [0.2, 0.25) is 0 Å². The van der Waals surface area contributed by atoms with Gasteiger partial charge in [0.1, 0.15) is 12.6 Å². The van der Waals surface area contributed by atoms with Crippen molar-refractivity contribution in [1.82, 2.24) is 10.6 Å². The monoisotopic (exact) mass is 343 g/mol. The van der Waals surface area contributed by atoms with E-state index in [4.69, 9.17) is 5.73 Å². The molecule has 0 radical (unpaired) electrons. The average molecular weight is 343 g/mol. The smallest absolute Gasteiger partial charge is 0.404 e. The van der Waals surface area contributed by atoms with Gasteiger partial charge in [-0.25, -0.2) is 4.79 Å². The molecule has 0 fully saturated rings. The van der Waals surface area contributed by atoms with E-state index < -0.39 is 12.1 Å². The minimum atomic E-state index is -0.965. The van der Waals surface area contributed by atoms with Crippen molar-refractivity contribution in [1.29, 1.82) is 0 Å². The Bertz CT molecular complexity index is 375. The Kier molecular flexibility index (Phi) is 13.7. The zero-order chi connectivity index (χ0) is 18.2. The highest BCUT2D eigenvalue weighted by Crippen LogP contribution is 2.03. The summed E-state index contributed by atoms with van der Waals surface area (Å²) in [6, 6.07) is -0.901. The second-order valence-electron chi connectivity index (χ2n) is 5.91. The van der Waals surface area contributed by atoms with Crippen LogP contribution in [0.15, 0.2) is 0 Å². The first kappa shape index (κ1) is 22.2. The molecule has 1 atom stereocenters. The van der Waals surface area contributed by atoms with Crippen molar-refractivity contribution in [2.45, 2.75) is 77.7 Å². The summed E-state index contributed by atoms with van der Waals surface area (Å²) in [6.07, 6.45) is 7.51. The quantitative estimate of drug-likeness (QED) is 0.420. The molecular formula is C17H33N3O4. The van der Waals surface area contributed by atoms with E-state index in [0.717, 1.165) is 51.4 Å². The average Bonchev–Trinajstić information content (AvgIpc) is 2.55. The summed E-state index contributed by atoms with van der Waals surface area (Å²) in [5.74, 6) is -0.569. The third kappa shape index (κ3) is 12.7. The Morgan fingerprint density at radius 3 is 2.17 bits per heavy atom. The van der Waals surface area contributed by atoms with Crippen LogP contribution in [0, 0.1) is 0 Å². The lowest BCUT2D eigenvalue weighted by Crippen LogP contribution is -2.50. The van der Waals surface area contributed by atoms with Crippen molar-refractivity contribution < 1.29 is 19.1 Å². The minimum Gasteiger partial charge on any atom is -0.447 e. The van der Waals surface area contributed by atoms with Crippen molar-refractivity contribution in [2.75, 3.05) is 13.2 Å². The van der Waals surface area contributed by atoms with Gasteiger partial charge >= 0.3 is 6.09 Å². The van der Waals surface area contributed by atoms with Crippen molar-refractivity contribution in [3.8, 4) is 0 Å². The summed E-state index contributed by atoms with van der Waals surface area (Å²) in [7, 11) is 0. The molecule has 0 rings (SSSR count). The Balaban J connectivity index is 4.26. The summed E-state index contributed by atoms with van der Waals surface area (Å²) in [6.45, 7) is 4.50. The molecule has 0 aliphatic rings. The van der Waals surface area contributed by atoms with Gasteiger partial charge in [0.15, 0.2) is 0 Å². The highest BCUT2D eigenvalue weighted by Gasteiger charge is 2.21. The molecule has 0 aromatic heterocycles. The molecule has 7 heteroatoms. The molecule has 0 bridgehead atoms. The normalized spacial score (nSPS) is 11.6. The van der Waals surface area contributed by atoms with E-state index in [0.29, 0.717) is 13.0 Å². The Labute approximate surface area is 145 Å². The van der Waals surface area contributed by atoms with Crippen LogP contribution in [0.1, 0.15) is 71.6 Å². The maximum atomic E-state index is 12.1. The van der Waals surface area contributed by atoms with Gasteiger partial charge in [0.05, 0.1) is 0 Å². The van der Waals surface area contributed by atoms with Gasteiger partial charge < -0.3 is 21.1 Å². The molecule has 0 aromatic rings. The molecule has 0 aromatic carbocycles. The predicted octanol–water partition coefficient (Wildman–Crippen LogP) is 2.23. The van der Waals surface area contributed by atoms with Gasteiger partial charge in [-0.3, -0.25) is 9.59 Å². The number of rotatable bonds is 14. The molecule has 7 nitrogen and oxygen atoms in total. The number of hydrogen-bond donors (Lipinski definition) is 3. The van der Waals surface area contributed by atoms with Crippen LogP contribution in [0.25, 0.3) is 0 Å². The number of carbonyl (C=O) groups is 3. The summed E-state index contributed by atoms with van der Waals surface area (Å²) in [4.78, 5) is 34.8. The highest BCUT2D eigenvalue weighted by molar-refractivity contribution is 5.87. The first-order valence-electron chi connectivity index (χ1n) is 9.00. The van der Waals surface area contributed by atoms with E-state index in [-0.39, 0.29) is 18.4 Å². The maximum Gasteiger partial charge on any atom is 0.404 e. The van der Waals surface area contributed by atoms with E-state index in [1.165, 1.54) is 0 Å². The Morgan fingerprint density at radius 2 is 1.58 bits per heavy atom. The van der Waals surface area contributed by atoms with E-state index in [1.807, 2.05) is 0 Å². The third-order valence-electron chi connectivity index (χ3n) is 3.63. The molecular weight excluding hydrogens is 310 g/mol. The third-order valence-corrected chi connectivity index (χ3v) is 3.63. The van der Waals surface area contributed by atoms with Crippen LogP contribution in [-0.2, 0) is 14.3 Å². The van der Waals surface area contributed by atoms with Gasteiger partial charge in [0, 0.05) is 13.0 Å². The van der Waals surface area contributed by atoms with Gasteiger partial charge in [-0.15, -0.1) is 0 Å². The van der Waals surface area contributed by atoms with E-state index in [9.17, 15) is 14.4 Å². The number of primary amides is 1. The number of nitrogens with one attached hydrogen (secondary N) is 2. The van der Waals surface area contributed by atoms with Gasteiger partial charge in [-0.05, 0) is 12.8 Å². The molecule has 0 saturated carbocycles. The van der Waals surface area contributed by atoms with Crippen LogP contribution >= 0.6 is 0 Å². The lowest BCUT2D eigenvalue weighted by atomic mass is 10.1. The van der Waals surface area contributed by atoms with Crippen LogP contribution in [0.5, 0.6) is 0 Å². The number of nitrogens with two attached hydrogens (primary N) is 1. The van der Waals surface area contributed by atoms with Crippen LogP contribution < -0.4 is 16.4 Å². The molecule has 0 aliphatic heterocycles. The summed E-state index contributed by atoms with van der Waals surface area (Å²) in [5.41, 5.74) is 4.93. The fraction of sp³-hybridized carbons (Fsp3) is 0.824. The predicted molar refractivity (Wildman–Crippen MR) is 93.4 cm³/mol. The maximum absolute atomic E-state index is 12.1. The molecule has 24 heavy (non-hydrogen) atoms. The number of hydrogen-bond acceptors (Lipinski definition) is 4. The van der Waals surface area contributed by atoms with Crippen molar-refractivity contribution >= 4 is 17.9 Å². The Hall–Kier alpha value is -1.79. The second kappa shape index (κ2) is 14.8. The number of unbranched alkanes of at least 4 members (excludes halogenated alkanes) is 6. The molecule has 0 heterocycles.